The van der Waals surface area contributed by atoms with Crippen molar-refractivity contribution in [2.45, 2.75) is 19.3 Å². The molecule has 1 aliphatic rings. The van der Waals surface area contributed by atoms with Crippen molar-refractivity contribution in [2.75, 3.05) is 0 Å². The molecule has 3 rings (SSSR count). The Labute approximate surface area is 135 Å². The minimum Gasteiger partial charge on any atom is -0.507 e. The average Bonchev–Trinajstić information content (AvgIpc) is 3.08. The van der Waals surface area contributed by atoms with Crippen LogP contribution in [0.2, 0.25) is 5.02 Å². The van der Waals surface area contributed by atoms with Crippen molar-refractivity contribution in [1.29, 1.82) is 0 Å². The van der Waals surface area contributed by atoms with Crippen LogP contribution in [-0.2, 0) is 12.8 Å². The number of nitrogens with one attached hydrogen (secondary N) is 2. The highest BCUT2D eigenvalue weighted by Gasteiger charge is 2.19. The third-order valence-corrected chi connectivity index (χ3v) is 4.93. The Morgan fingerprint density at radius 3 is 2.68 bits per heavy atom. The van der Waals surface area contributed by atoms with Crippen LogP contribution in [0.25, 0.3) is 0 Å². The average molecular weight is 337 g/mol. The van der Waals surface area contributed by atoms with Gasteiger partial charge in [-0.05, 0) is 49.1 Å². The number of phenolic OH excluding ortho intramolecular Hbond substituents is 1. The first-order valence-electron chi connectivity index (χ1n) is 6.75. The summed E-state index contributed by atoms with van der Waals surface area (Å²) in [4.78, 5) is 25.8. The molecule has 2 amide bonds. The molecule has 0 radical (unpaired) electrons. The van der Waals surface area contributed by atoms with Crippen molar-refractivity contribution < 1.29 is 14.7 Å². The van der Waals surface area contributed by atoms with Gasteiger partial charge < -0.3 is 5.11 Å². The molecule has 114 valence electrons. The van der Waals surface area contributed by atoms with Gasteiger partial charge in [0.25, 0.3) is 11.8 Å². The van der Waals surface area contributed by atoms with Crippen LogP contribution >= 0.6 is 22.9 Å². The fourth-order valence-corrected chi connectivity index (χ4v) is 3.69. The molecule has 5 nitrogen and oxygen atoms in total. The Hall–Kier alpha value is -2.05. The molecule has 0 bridgehead atoms. The van der Waals surface area contributed by atoms with Crippen LogP contribution in [0.5, 0.6) is 5.75 Å². The Morgan fingerprint density at radius 1 is 1.14 bits per heavy atom. The zero-order valence-corrected chi connectivity index (χ0v) is 13.1. The van der Waals surface area contributed by atoms with Gasteiger partial charge in [0.15, 0.2) is 0 Å². The number of hydrogen-bond donors (Lipinski definition) is 3. The third kappa shape index (κ3) is 2.93. The second kappa shape index (κ2) is 5.98. The van der Waals surface area contributed by atoms with Crippen molar-refractivity contribution in [3.05, 3.63) is 50.2 Å². The van der Waals surface area contributed by atoms with Crippen LogP contribution in [0.4, 0.5) is 0 Å². The SMILES string of the molecule is O=C(NNC(=O)c1cc(Cl)ccc1O)c1cc2c(s1)CCC2. The van der Waals surface area contributed by atoms with Gasteiger partial charge in [-0.2, -0.15) is 0 Å². The van der Waals surface area contributed by atoms with Gasteiger partial charge in [-0.3, -0.25) is 20.4 Å². The van der Waals surface area contributed by atoms with Crippen molar-refractivity contribution in [2.24, 2.45) is 0 Å². The number of carbonyl (C=O) groups is 2. The number of fused-ring (bicyclic) bond motifs is 1. The minimum atomic E-state index is -0.627. The van der Waals surface area contributed by atoms with Gasteiger partial charge >= 0.3 is 0 Å². The van der Waals surface area contributed by atoms with E-state index in [4.69, 9.17) is 11.6 Å². The number of aryl methyl sites for hydroxylation is 2. The summed E-state index contributed by atoms with van der Waals surface area (Å²) in [5, 5.41) is 9.96. The fourth-order valence-electron chi connectivity index (χ4n) is 2.37. The Balaban J connectivity index is 1.65. The van der Waals surface area contributed by atoms with Crippen LogP contribution < -0.4 is 10.9 Å². The van der Waals surface area contributed by atoms with E-state index in [2.05, 4.69) is 10.9 Å². The molecule has 0 saturated carbocycles. The Kier molecular flexibility index (Phi) is 4.04. The van der Waals surface area contributed by atoms with Gasteiger partial charge in [0.1, 0.15) is 5.75 Å². The van der Waals surface area contributed by atoms with Crippen molar-refractivity contribution >= 4 is 34.8 Å². The topological polar surface area (TPSA) is 78.4 Å². The molecular weight excluding hydrogens is 324 g/mol. The van der Waals surface area contributed by atoms with E-state index in [1.54, 1.807) is 0 Å². The molecular formula is C15H13ClN2O3S. The summed E-state index contributed by atoms with van der Waals surface area (Å²) in [6.45, 7) is 0. The number of phenols is 1. The lowest BCUT2D eigenvalue weighted by Gasteiger charge is -2.08. The van der Waals surface area contributed by atoms with E-state index in [-0.39, 0.29) is 17.2 Å². The predicted molar refractivity (Wildman–Crippen MR) is 84.4 cm³/mol. The molecule has 1 aromatic heterocycles. The number of rotatable bonds is 2. The smallest absolute Gasteiger partial charge is 0.279 e. The maximum absolute atomic E-state index is 12.0. The van der Waals surface area contributed by atoms with Crippen LogP contribution in [0.15, 0.2) is 24.3 Å². The van der Waals surface area contributed by atoms with E-state index in [9.17, 15) is 14.7 Å². The first-order chi connectivity index (χ1) is 10.5. The van der Waals surface area contributed by atoms with E-state index < -0.39 is 5.91 Å². The summed E-state index contributed by atoms with van der Waals surface area (Å²) in [5.74, 6) is -1.20. The van der Waals surface area contributed by atoms with Gasteiger partial charge in [0, 0.05) is 9.90 Å². The number of amides is 2. The summed E-state index contributed by atoms with van der Waals surface area (Å²) in [6, 6.07) is 5.99. The van der Waals surface area contributed by atoms with Crippen LogP contribution in [0.3, 0.4) is 0 Å². The van der Waals surface area contributed by atoms with E-state index in [1.807, 2.05) is 6.07 Å². The monoisotopic (exact) mass is 336 g/mol. The minimum absolute atomic E-state index is 0.00136. The first-order valence-corrected chi connectivity index (χ1v) is 7.95. The molecule has 0 aliphatic heterocycles. The molecule has 0 atom stereocenters. The molecule has 3 N–H and O–H groups in total. The lowest BCUT2D eigenvalue weighted by atomic mass is 10.2. The highest BCUT2D eigenvalue weighted by Crippen LogP contribution is 2.30. The van der Waals surface area contributed by atoms with E-state index in [1.165, 1.54) is 40.0 Å². The van der Waals surface area contributed by atoms with Gasteiger partial charge in [-0.1, -0.05) is 11.6 Å². The molecule has 1 aromatic carbocycles. The van der Waals surface area contributed by atoms with Crippen LogP contribution in [0, 0.1) is 0 Å². The zero-order valence-electron chi connectivity index (χ0n) is 11.5. The molecule has 0 spiro atoms. The highest BCUT2D eigenvalue weighted by molar-refractivity contribution is 7.14. The van der Waals surface area contributed by atoms with E-state index >= 15 is 0 Å². The van der Waals surface area contributed by atoms with E-state index in [0.29, 0.717) is 9.90 Å². The van der Waals surface area contributed by atoms with Gasteiger partial charge in [0.2, 0.25) is 0 Å². The van der Waals surface area contributed by atoms with Crippen molar-refractivity contribution in [3.63, 3.8) is 0 Å². The Bertz CT molecular complexity index is 736. The first kappa shape index (κ1) is 14.9. The molecule has 7 heteroatoms. The van der Waals surface area contributed by atoms with Crippen molar-refractivity contribution in [3.8, 4) is 5.75 Å². The van der Waals surface area contributed by atoms with E-state index in [0.717, 1.165) is 19.3 Å². The lowest BCUT2D eigenvalue weighted by Crippen LogP contribution is -2.41. The predicted octanol–water partition coefficient (Wildman–Crippen LogP) is 2.67. The number of halogens is 1. The number of hydrazine groups is 1. The zero-order chi connectivity index (χ0) is 15.7. The summed E-state index contributed by atoms with van der Waals surface area (Å²) in [5.41, 5.74) is 5.85. The van der Waals surface area contributed by atoms with Gasteiger partial charge in [-0.25, -0.2) is 0 Å². The maximum atomic E-state index is 12.0. The molecule has 22 heavy (non-hydrogen) atoms. The van der Waals surface area contributed by atoms with Crippen LogP contribution in [0.1, 0.15) is 36.9 Å². The summed E-state index contributed by atoms with van der Waals surface area (Å²) in [6.07, 6.45) is 3.14. The summed E-state index contributed by atoms with van der Waals surface area (Å²) in [7, 11) is 0. The lowest BCUT2D eigenvalue weighted by molar-refractivity contribution is 0.0847. The van der Waals surface area contributed by atoms with Crippen LogP contribution in [-0.4, -0.2) is 16.9 Å². The largest absolute Gasteiger partial charge is 0.507 e. The standard InChI is InChI=1S/C15H13ClN2O3S/c16-9-4-5-11(19)10(7-9)14(20)17-18-15(21)13-6-8-2-1-3-12(8)22-13/h4-7,19H,1-3H2,(H,17,20)(H,18,21). The maximum Gasteiger partial charge on any atom is 0.279 e. The number of hydrogen-bond acceptors (Lipinski definition) is 4. The highest BCUT2D eigenvalue weighted by atomic mass is 35.5. The molecule has 0 fully saturated rings. The number of carbonyl (C=O) groups excluding carboxylic acids is 2. The normalized spacial score (nSPS) is 12.8. The molecule has 0 saturated heterocycles. The summed E-state index contributed by atoms with van der Waals surface area (Å²) >= 11 is 7.23. The van der Waals surface area contributed by atoms with Gasteiger partial charge in [0.05, 0.1) is 10.4 Å². The van der Waals surface area contributed by atoms with Crippen molar-refractivity contribution in [1.82, 2.24) is 10.9 Å². The number of thiophene rings is 1. The fraction of sp³-hybridized carbons (Fsp3) is 0.200. The molecule has 2 aromatic rings. The molecule has 0 unspecified atom stereocenters. The third-order valence-electron chi connectivity index (χ3n) is 3.46. The van der Waals surface area contributed by atoms with Gasteiger partial charge in [-0.15, -0.1) is 11.3 Å². The summed E-state index contributed by atoms with van der Waals surface area (Å²) < 4.78 is 0. The number of aromatic hydroxyl groups is 1. The molecule has 1 aliphatic carbocycles. The second-order valence-electron chi connectivity index (χ2n) is 4.98. The quantitative estimate of drug-likeness (QED) is 0.738. The molecule has 1 heterocycles. The second-order valence-corrected chi connectivity index (χ2v) is 6.56. The Morgan fingerprint density at radius 2 is 1.91 bits per heavy atom. The number of benzene rings is 1.